The number of aliphatic imine (C=N–C) groups is 2. The minimum absolute atomic E-state index is 0.0256. The maximum absolute atomic E-state index is 14.7. The third kappa shape index (κ3) is 17.0. The maximum Gasteiger partial charge on any atom is 0.258 e. The minimum atomic E-state index is -0.957. The first-order chi connectivity index (χ1) is 31.9. The van der Waals surface area contributed by atoms with Crippen LogP contribution in [0.4, 0.5) is 0 Å². The lowest BCUT2D eigenvalue weighted by Gasteiger charge is -2.20. The Morgan fingerprint density at radius 1 is 0.746 bits per heavy atom. The van der Waals surface area contributed by atoms with E-state index < -0.39 is 60.1 Å². The number of carbonyl (C=O) groups excluding carboxylic acids is 4. The molecule has 2 atom stereocenters. The molecule has 1 heterocycles. The summed E-state index contributed by atoms with van der Waals surface area (Å²) in [5.74, 6) is -2.55. The molecule has 0 aliphatic rings. The number of carbonyl (C=O) groups is 4. The molecule has 2 aromatic carbocycles. The molecule has 1 aromatic heterocycles. The Kier molecular flexibility index (Phi) is 22.2. The van der Waals surface area contributed by atoms with Crippen molar-refractivity contribution >= 4 is 57.5 Å². The Morgan fingerprint density at radius 2 is 1.24 bits per heavy atom. The number of phenolic OH excluding ortho intramolecular Hbond substituents is 1. The number of nitrogens with zero attached hydrogens (tertiary/aromatic N) is 2. The summed E-state index contributed by atoms with van der Waals surface area (Å²) in [4.78, 5) is 75.2. The number of benzene rings is 2. The van der Waals surface area contributed by atoms with Crippen LogP contribution in [-0.4, -0.2) is 119 Å². The summed E-state index contributed by atoms with van der Waals surface area (Å²) in [5, 5.41) is 25.6. The third-order valence-corrected chi connectivity index (χ3v) is 9.97. The molecule has 0 fully saturated rings. The largest absolute Gasteiger partial charge is 0.507 e. The van der Waals surface area contributed by atoms with E-state index in [0.29, 0.717) is 31.5 Å². The Labute approximate surface area is 389 Å². The zero-order valence-electron chi connectivity index (χ0n) is 39.3. The van der Waals surface area contributed by atoms with E-state index in [1.165, 1.54) is 19.2 Å². The van der Waals surface area contributed by atoms with Gasteiger partial charge in [-0.25, -0.2) is 0 Å². The molecule has 3 rings (SSSR count). The molecule has 22 heteroatoms. The van der Waals surface area contributed by atoms with Gasteiger partial charge in [0.1, 0.15) is 40.1 Å². The van der Waals surface area contributed by atoms with E-state index in [1.54, 1.807) is 7.05 Å². The van der Waals surface area contributed by atoms with Gasteiger partial charge in [-0.2, -0.15) is 0 Å². The summed E-state index contributed by atoms with van der Waals surface area (Å²) in [7, 11) is 3.13. The Balaban J connectivity index is 2.09. The van der Waals surface area contributed by atoms with Gasteiger partial charge in [0.2, 0.25) is 17.2 Å². The fraction of sp³-hybridized carbons (Fsp3) is 0.489. The van der Waals surface area contributed by atoms with Crippen LogP contribution < -0.4 is 74.9 Å². The molecule has 0 radical (unpaired) electrons. The van der Waals surface area contributed by atoms with Crippen LogP contribution in [0.25, 0.3) is 21.9 Å². The highest BCUT2D eigenvalue weighted by atomic mass is 16.5. The molecule has 67 heavy (non-hydrogen) atoms. The number of rotatable bonds is 28. The number of nitrogens with one attached hydrogen (secondary N) is 5. The van der Waals surface area contributed by atoms with Crippen molar-refractivity contribution < 1.29 is 42.9 Å². The predicted octanol–water partition coefficient (Wildman–Crippen LogP) is -0.0773. The average Bonchev–Trinajstić information content (AvgIpc) is 3.26. The second-order valence-electron chi connectivity index (χ2n) is 15.9. The quantitative estimate of drug-likeness (QED) is 0.0149. The van der Waals surface area contributed by atoms with Gasteiger partial charge in [-0.3, -0.25) is 34.0 Å². The zero-order valence-corrected chi connectivity index (χ0v) is 39.3. The maximum atomic E-state index is 14.7. The Hall–Kier alpha value is -7.07. The van der Waals surface area contributed by atoms with Crippen molar-refractivity contribution in [2.45, 2.75) is 78.3 Å². The molecular formula is C45H68N12O10. The number of guanidine groups is 2. The first-order valence-corrected chi connectivity index (χ1v) is 21.9. The number of hydrogen-bond acceptors (Lipinski definition) is 14. The van der Waals surface area contributed by atoms with Crippen molar-refractivity contribution in [3.05, 3.63) is 56.8 Å². The summed E-state index contributed by atoms with van der Waals surface area (Å²) < 4.78 is 24.2. The molecule has 368 valence electrons. The SMILES string of the molecule is CNCCNC(=O)C(CCCN=C(N)N)NC(=O)COc1cc2oc3cc(OCC(=O)NC(CCCN=C(N)N)C(=O)NCCN)c(OC)c(CC=C(C)C)c3c(=O)c2c(O)c1CC=C(C)C. The second kappa shape index (κ2) is 27.4. The van der Waals surface area contributed by atoms with Crippen molar-refractivity contribution in [3.63, 3.8) is 0 Å². The number of hydrogen-bond donors (Lipinski definition) is 11. The highest BCUT2D eigenvalue weighted by Gasteiger charge is 2.27. The zero-order chi connectivity index (χ0) is 49.6. The van der Waals surface area contributed by atoms with Crippen LogP contribution in [0.2, 0.25) is 0 Å². The van der Waals surface area contributed by atoms with E-state index in [0.717, 1.165) is 11.1 Å². The average molecular weight is 937 g/mol. The fourth-order valence-electron chi connectivity index (χ4n) is 6.72. The van der Waals surface area contributed by atoms with Crippen LogP contribution in [0.1, 0.15) is 64.5 Å². The third-order valence-electron chi connectivity index (χ3n) is 9.97. The number of allylic oxidation sites excluding steroid dienone is 4. The van der Waals surface area contributed by atoms with E-state index in [1.807, 2.05) is 39.8 Å². The van der Waals surface area contributed by atoms with E-state index in [4.69, 9.17) is 47.3 Å². The molecule has 0 aliphatic carbocycles. The number of aromatic hydroxyl groups is 1. The summed E-state index contributed by atoms with van der Waals surface area (Å²) in [6, 6.07) is 0.907. The Morgan fingerprint density at radius 3 is 1.73 bits per heavy atom. The lowest BCUT2D eigenvalue weighted by atomic mass is 9.98. The van der Waals surface area contributed by atoms with Crippen LogP contribution >= 0.6 is 0 Å². The molecule has 22 nitrogen and oxygen atoms in total. The van der Waals surface area contributed by atoms with Crippen molar-refractivity contribution in [3.8, 4) is 23.0 Å². The number of amides is 4. The van der Waals surface area contributed by atoms with Crippen molar-refractivity contribution in [1.29, 1.82) is 0 Å². The number of likely N-dealkylation sites (N-methyl/N-ethyl adjacent to an activating group) is 1. The van der Waals surface area contributed by atoms with Gasteiger partial charge >= 0.3 is 0 Å². The van der Waals surface area contributed by atoms with Gasteiger partial charge in [0.25, 0.3) is 11.8 Å². The molecule has 16 N–H and O–H groups in total. The standard InChI is InChI=1S/C45H68N12O10/c1-25(2)11-13-27-31(65-23-35(58)57-30(10-8-17-55-45(49)50)43(63)53-20-19-51-5)21-33-38(39(27)60)40(61)37-28(14-12-26(3)4)41(64-6)34(22-32(37)67-33)66-24-36(59)56-29(42(62)52-18-15-46)9-7-16-54-44(47)48/h11-12,21-22,29-30,51,60H,7-10,13-20,23-24,46H2,1-6H3,(H,52,62)(H,53,63)(H,56,59)(H,57,58)(H4,47,48,54)(H4,49,50,55). The van der Waals surface area contributed by atoms with E-state index in [2.05, 4.69) is 36.6 Å². The van der Waals surface area contributed by atoms with Crippen molar-refractivity contribution in [2.75, 3.05) is 66.6 Å². The molecule has 0 saturated heterocycles. The Bertz CT molecular complexity index is 2380. The van der Waals surface area contributed by atoms with E-state index in [-0.39, 0.29) is 109 Å². The molecule has 0 bridgehead atoms. The van der Waals surface area contributed by atoms with Crippen molar-refractivity contribution in [1.82, 2.24) is 26.6 Å². The lowest BCUT2D eigenvalue weighted by molar-refractivity contribution is -0.130. The number of phenols is 1. The van der Waals surface area contributed by atoms with Gasteiger partial charge in [0.05, 0.1) is 12.5 Å². The van der Waals surface area contributed by atoms with Crippen molar-refractivity contribution in [2.24, 2.45) is 38.7 Å². The molecule has 2 unspecified atom stereocenters. The van der Waals surface area contributed by atoms with Gasteiger partial charge in [-0.05, 0) is 73.3 Å². The van der Waals surface area contributed by atoms with Gasteiger partial charge in [0, 0.05) is 62.5 Å². The monoisotopic (exact) mass is 937 g/mol. The highest BCUT2D eigenvalue weighted by molar-refractivity contribution is 5.98. The predicted molar refractivity (Wildman–Crippen MR) is 258 cm³/mol. The van der Waals surface area contributed by atoms with Crippen LogP contribution in [-0.2, 0) is 32.0 Å². The number of methoxy groups -OCH3 is 1. The summed E-state index contributed by atoms with van der Waals surface area (Å²) in [6.07, 6.45) is 5.18. The molecular weight excluding hydrogens is 869 g/mol. The fourth-order valence-corrected chi connectivity index (χ4v) is 6.72. The van der Waals surface area contributed by atoms with Gasteiger partial charge in [0.15, 0.2) is 36.6 Å². The van der Waals surface area contributed by atoms with Gasteiger partial charge < -0.3 is 79.0 Å². The van der Waals surface area contributed by atoms with E-state index in [9.17, 15) is 29.1 Å². The van der Waals surface area contributed by atoms with Gasteiger partial charge in [-0.1, -0.05) is 23.3 Å². The van der Waals surface area contributed by atoms with Crippen LogP contribution in [0.3, 0.4) is 0 Å². The van der Waals surface area contributed by atoms with Gasteiger partial charge in [-0.15, -0.1) is 0 Å². The normalized spacial score (nSPS) is 11.7. The van der Waals surface area contributed by atoms with Crippen LogP contribution in [0.15, 0.2) is 54.6 Å². The lowest BCUT2D eigenvalue weighted by Crippen LogP contribution is -2.49. The molecule has 0 saturated carbocycles. The second-order valence-corrected chi connectivity index (χ2v) is 15.9. The topological polar surface area (TPSA) is 361 Å². The summed E-state index contributed by atoms with van der Waals surface area (Å²) in [5.41, 5.74) is 29.0. The molecule has 3 aromatic rings. The number of fused-ring (bicyclic) bond motifs is 2. The first kappa shape index (κ1) is 54.3. The smallest absolute Gasteiger partial charge is 0.258 e. The molecule has 0 aliphatic heterocycles. The minimum Gasteiger partial charge on any atom is -0.507 e. The highest BCUT2D eigenvalue weighted by Crippen LogP contribution is 2.41. The summed E-state index contributed by atoms with van der Waals surface area (Å²) in [6.45, 7) is 8.04. The summed E-state index contributed by atoms with van der Waals surface area (Å²) >= 11 is 0. The van der Waals surface area contributed by atoms with E-state index >= 15 is 0 Å². The van der Waals surface area contributed by atoms with Crippen LogP contribution in [0, 0.1) is 0 Å². The first-order valence-electron chi connectivity index (χ1n) is 21.9. The molecule has 0 spiro atoms. The van der Waals surface area contributed by atoms with Crippen LogP contribution in [0.5, 0.6) is 23.0 Å². The number of nitrogens with two attached hydrogens (primary N) is 5. The molecule has 4 amide bonds. The number of ether oxygens (including phenoxy) is 3.